The zero-order valence-corrected chi connectivity index (χ0v) is 16.6. The van der Waals surface area contributed by atoms with Crippen molar-refractivity contribution >= 4 is 17.4 Å². The van der Waals surface area contributed by atoms with Gasteiger partial charge in [0.2, 0.25) is 0 Å². The predicted molar refractivity (Wildman–Crippen MR) is 113 cm³/mol. The second kappa shape index (κ2) is 8.45. The summed E-state index contributed by atoms with van der Waals surface area (Å²) in [5.41, 5.74) is 2.97. The summed E-state index contributed by atoms with van der Waals surface area (Å²) in [6.07, 6.45) is 4.25. The van der Waals surface area contributed by atoms with Crippen LogP contribution < -0.4 is 10.2 Å². The standard InChI is InChI=1S/C24H25N3O2/c1-26-15-7-13-21(26)22-14-8-16-27(22)17-23(28)25-20-12-6-5-11-19(20)24(29)18-9-3-2-4-10-18/h2-7,9-13,15,22H,8,14,16-17H2,1H3,(H,25,28)/p+1/t22-/m0/s1. The molecule has 1 unspecified atom stereocenters. The molecule has 2 atom stereocenters. The van der Waals surface area contributed by atoms with Gasteiger partial charge in [-0.2, -0.15) is 0 Å². The molecule has 2 aromatic carbocycles. The van der Waals surface area contributed by atoms with Crippen molar-refractivity contribution in [2.24, 2.45) is 7.05 Å². The lowest BCUT2D eigenvalue weighted by atomic mass is 10.0. The molecule has 0 radical (unpaired) electrons. The number of anilines is 1. The number of quaternary nitrogens is 1. The summed E-state index contributed by atoms with van der Waals surface area (Å²) in [5.74, 6) is -0.147. The molecule has 1 amide bonds. The highest BCUT2D eigenvalue weighted by molar-refractivity contribution is 6.13. The van der Waals surface area contributed by atoms with Crippen molar-refractivity contribution in [1.82, 2.24) is 4.57 Å². The first-order valence-electron chi connectivity index (χ1n) is 10.1. The number of para-hydroxylation sites is 1. The fourth-order valence-corrected chi connectivity index (χ4v) is 4.25. The molecule has 29 heavy (non-hydrogen) atoms. The van der Waals surface area contributed by atoms with Gasteiger partial charge in [0.25, 0.3) is 5.91 Å². The van der Waals surface area contributed by atoms with Crippen LogP contribution in [0, 0.1) is 0 Å². The Kier molecular flexibility index (Phi) is 5.58. The van der Waals surface area contributed by atoms with Crippen LogP contribution in [0.5, 0.6) is 0 Å². The van der Waals surface area contributed by atoms with Crippen LogP contribution in [0.25, 0.3) is 0 Å². The topological polar surface area (TPSA) is 55.5 Å². The molecule has 0 aliphatic carbocycles. The lowest BCUT2D eigenvalue weighted by molar-refractivity contribution is -0.910. The number of aryl methyl sites for hydroxylation is 1. The van der Waals surface area contributed by atoms with E-state index in [1.165, 1.54) is 10.6 Å². The van der Waals surface area contributed by atoms with E-state index in [4.69, 9.17) is 0 Å². The largest absolute Gasteiger partial charge is 0.350 e. The van der Waals surface area contributed by atoms with Gasteiger partial charge in [-0.1, -0.05) is 42.5 Å². The number of aromatic nitrogens is 1. The minimum Gasteiger partial charge on any atom is -0.350 e. The molecule has 2 N–H and O–H groups in total. The average molecular weight is 388 g/mol. The Bertz CT molecular complexity index is 1010. The normalized spacial score (nSPS) is 18.5. The highest BCUT2D eigenvalue weighted by Gasteiger charge is 2.33. The van der Waals surface area contributed by atoms with E-state index in [1.54, 1.807) is 24.3 Å². The van der Waals surface area contributed by atoms with Gasteiger partial charge in [0.1, 0.15) is 6.04 Å². The van der Waals surface area contributed by atoms with Crippen molar-refractivity contribution in [1.29, 1.82) is 0 Å². The van der Waals surface area contributed by atoms with E-state index in [9.17, 15) is 9.59 Å². The smallest absolute Gasteiger partial charge is 0.279 e. The van der Waals surface area contributed by atoms with Gasteiger partial charge < -0.3 is 14.8 Å². The zero-order valence-electron chi connectivity index (χ0n) is 16.6. The van der Waals surface area contributed by atoms with Gasteiger partial charge in [-0.25, -0.2) is 0 Å². The van der Waals surface area contributed by atoms with Crippen molar-refractivity contribution in [3.05, 3.63) is 89.7 Å². The number of ketones is 1. The number of amides is 1. The number of rotatable bonds is 6. The van der Waals surface area contributed by atoms with E-state index in [2.05, 4.69) is 35.3 Å². The SMILES string of the molecule is Cn1cccc1[C@@H]1CCC[NH+]1CC(=O)Nc1ccccc1C(=O)c1ccccc1. The lowest BCUT2D eigenvalue weighted by Crippen LogP contribution is -3.11. The van der Waals surface area contributed by atoms with Crippen molar-refractivity contribution in [2.75, 3.05) is 18.4 Å². The van der Waals surface area contributed by atoms with Crippen LogP contribution in [0.1, 0.15) is 40.5 Å². The van der Waals surface area contributed by atoms with Gasteiger partial charge in [0.15, 0.2) is 12.3 Å². The molecule has 1 aliphatic heterocycles. The summed E-state index contributed by atoms with van der Waals surface area (Å²) in [7, 11) is 2.05. The van der Waals surface area contributed by atoms with Crippen molar-refractivity contribution in [3.8, 4) is 0 Å². The van der Waals surface area contributed by atoms with Gasteiger partial charge in [-0.15, -0.1) is 0 Å². The molecular weight excluding hydrogens is 362 g/mol. The maximum absolute atomic E-state index is 12.9. The fourth-order valence-electron chi connectivity index (χ4n) is 4.25. The van der Waals surface area contributed by atoms with E-state index in [1.807, 2.05) is 30.3 Å². The van der Waals surface area contributed by atoms with E-state index in [-0.39, 0.29) is 11.7 Å². The van der Waals surface area contributed by atoms with Crippen molar-refractivity contribution in [2.45, 2.75) is 18.9 Å². The molecule has 0 saturated carbocycles. The summed E-state index contributed by atoms with van der Waals surface area (Å²) >= 11 is 0. The molecule has 1 aromatic heterocycles. The summed E-state index contributed by atoms with van der Waals surface area (Å²) in [4.78, 5) is 27.0. The first-order chi connectivity index (χ1) is 14.1. The Hall–Kier alpha value is -3.18. The maximum atomic E-state index is 12.9. The Morgan fingerprint density at radius 3 is 2.55 bits per heavy atom. The number of hydrogen-bond acceptors (Lipinski definition) is 2. The maximum Gasteiger partial charge on any atom is 0.279 e. The van der Waals surface area contributed by atoms with Crippen LogP contribution in [-0.4, -0.2) is 29.3 Å². The molecule has 4 rings (SSSR count). The molecule has 148 valence electrons. The summed E-state index contributed by atoms with van der Waals surface area (Å²) in [5, 5.41) is 2.98. The Morgan fingerprint density at radius 1 is 1.03 bits per heavy atom. The minimum absolute atomic E-state index is 0.0607. The van der Waals surface area contributed by atoms with Crippen LogP contribution in [0.2, 0.25) is 0 Å². The van der Waals surface area contributed by atoms with Gasteiger partial charge in [0.05, 0.1) is 17.9 Å². The zero-order chi connectivity index (χ0) is 20.2. The summed E-state index contributed by atoms with van der Waals surface area (Å²) in [6, 6.07) is 20.9. The monoisotopic (exact) mass is 388 g/mol. The predicted octanol–water partition coefficient (Wildman–Crippen LogP) is 2.61. The molecule has 0 bridgehead atoms. The molecular formula is C24H26N3O2+. The Balaban J connectivity index is 1.48. The molecule has 5 heteroatoms. The van der Waals surface area contributed by atoms with Gasteiger partial charge in [0, 0.05) is 37.2 Å². The molecule has 5 nitrogen and oxygen atoms in total. The number of nitrogens with zero attached hydrogens (tertiary/aromatic N) is 1. The molecule has 1 saturated heterocycles. The van der Waals surface area contributed by atoms with Crippen LogP contribution in [0.3, 0.4) is 0 Å². The number of nitrogens with one attached hydrogen (secondary N) is 2. The fraction of sp³-hybridized carbons (Fsp3) is 0.250. The van der Waals surface area contributed by atoms with E-state index in [0.29, 0.717) is 29.4 Å². The Morgan fingerprint density at radius 2 is 1.79 bits per heavy atom. The van der Waals surface area contributed by atoms with Crippen molar-refractivity contribution < 1.29 is 14.5 Å². The molecule has 0 spiro atoms. The third-order valence-electron chi connectivity index (χ3n) is 5.69. The second-order valence-electron chi connectivity index (χ2n) is 7.61. The van der Waals surface area contributed by atoms with Crippen LogP contribution >= 0.6 is 0 Å². The summed E-state index contributed by atoms with van der Waals surface area (Å²) in [6.45, 7) is 1.37. The molecule has 1 aliphatic rings. The number of likely N-dealkylation sites (tertiary alicyclic amines) is 1. The van der Waals surface area contributed by atoms with Gasteiger partial charge >= 0.3 is 0 Å². The lowest BCUT2D eigenvalue weighted by Gasteiger charge is -2.22. The van der Waals surface area contributed by atoms with E-state index >= 15 is 0 Å². The second-order valence-corrected chi connectivity index (χ2v) is 7.61. The Labute approximate surface area is 171 Å². The average Bonchev–Trinajstić information content (AvgIpc) is 3.36. The van der Waals surface area contributed by atoms with Crippen LogP contribution in [-0.2, 0) is 11.8 Å². The van der Waals surface area contributed by atoms with E-state index in [0.717, 1.165) is 19.4 Å². The number of carbonyl (C=O) groups is 2. The first-order valence-corrected chi connectivity index (χ1v) is 10.1. The van der Waals surface area contributed by atoms with E-state index < -0.39 is 0 Å². The molecule has 2 heterocycles. The number of carbonyl (C=O) groups excluding carboxylic acids is 2. The third-order valence-corrected chi connectivity index (χ3v) is 5.69. The highest BCUT2D eigenvalue weighted by Crippen LogP contribution is 2.20. The quantitative estimate of drug-likeness (QED) is 0.638. The first kappa shape index (κ1) is 19.2. The minimum atomic E-state index is -0.0864. The molecule has 1 fully saturated rings. The van der Waals surface area contributed by atoms with Crippen molar-refractivity contribution in [3.63, 3.8) is 0 Å². The number of benzene rings is 2. The van der Waals surface area contributed by atoms with Gasteiger partial charge in [-0.05, 0) is 24.3 Å². The molecule has 3 aromatic rings. The van der Waals surface area contributed by atoms with Gasteiger partial charge in [-0.3, -0.25) is 9.59 Å². The van der Waals surface area contributed by atoms with Crippen LogP contribution in [0.4, 0.5) is 5.69 Å². The third kappa shape index (κ3) is 4.15. The van der Waals surface area contributed by atoms with Crippen LogP contribution in [0.15, 0.2) is 72.9 Å². The summed E-state index contributed by atoms with van der Waals surface area (Å²) < 4.78 is 2.14. The highest BCUT2D eigenvalue weighted by atomic mass is 16.2. The number of hydrogen-bond donors (Lipinski definition) is 2.